The number of hydrogen-bond acceptors (Lipinski definition) is 5. The van der Waals surface area contributed by atoms with Crippen LogP contribution in [0.15, 0.2) is 17.1 Å². The maximum Gasteiger partial charge on any atom is 0.410 e. The molecule has 5 rings (SSSR count). The van der Waals surface area contributed by atoms with Crippen molar-refractivity contribution >= 4 is 28.7 Å². The van der Waals surface area contributed by atoms with E-state index in [4.69, 9.17) is 4.74 Å². The molecule has 1 N–H and O–H groups in total. The minimum Gasteiger partial charge on any atom is -0.477 e. The van der Waals surface area contributed by atoms with Crippen LogP contribution in [0, 0.1) is 17.6 Å². The van der Waals surface area contributed by atoms with Crippen molar-refractivity contribution in [2.75, 3.05) is 24.5 Å². The fraction of sp³-hybridized carbons (Fsp3) is 0.560. The molecule has 1 aliphatic carbocycles. The maximum absolute atomic E-state index is 16.0. The number of carbonyl (C=O) groups excluding carboxylic acids is 1. The lowest BCUT2D eigenvalue weighted by Gasteiger charge is -2.37. The molecule has 10 heteroatoms. The van der Waals surface area contributed by atoms with Crippen molar-refractivity contribution in [3.8, 4) is 0 Å². The third-order valence-corrected chi connectivity index (χ3v) is 7.08. The number of pyridine rings is 1. The van der Waals surface area contributed by atoms with Gasteiger partial charge >= 0.3 is 12.1 Å². The van der Waals surface area contributed by atoms with Crippen LogP contribution in [0.25, 0.3) is 10.9 Å². The average Bonchev–Trinajstić information content (AvgIpc) is 3.51. The molecule has 35 heavy (non-hydrogen) atoms. The van der Waals surface area contributed by atoms with Crippen LogP contribution in [0.2, 0.25) is 0 Å². The summed E-state index contributed by atoms with van der Waals surface area (Å²) < 4.78 is 38.4. The summed E-state index contributed by atoms with van der Waals surface area (Å²) in [5.74, 6) is -3.18. The van der Waals surface area contributed by atoms with Crippen LogP contribution in [0.5, 0.6) is 0 Å². The molecule has 2 saturated heterocycles. The van der Waals surface area contributed by atoms with Crippen molar-refractivity contribution in [1.29, 1.82) is 0 Å². The summed E-state index contributed by atoms with van der Waals surface area (Å²) in [6.45, 7) is 6.51. The summed E-state index contributed by atoms with van der Waals surface area (Å²) in [5, 5.41) is 9.15. The van der Waals surface area contributed by atoms with E-state index >= 15 is 8.78 Å². The molecule has 8 nitrogen and oxygen atoms in total. The highest BCUT2D eigenvalue weighted by molar-refractivity contribution is 5.94. The van der Waals surface area contributed by atoms with Gasteiger partial charge in [0, 0.05) is 31.9 Å². The van der Waals surface area contributed by atoms with E-state index in [0.717, 1.165) is 31.7 Å². The van der Waals surface area contributed by atoms with Crippen LogP contribution in [-0.2, 0) is 4.74 Å². The highest BCUT2D eigenvalue weighted by atomic mass is 19.1. The summed E-state index contributed by atoms with van der Waals surface area (Å²) in [5.41, 5.74) is -2.37. The van der Waals surface area contributed by atoms with Crippen molar-refractivity contribution in [3.05, 3.63) is 39.7 Å². The molecule has 0 radical (unpaired) electrons. The summed E-state index contributed by atoms with van der Waals surface area (Å²) in [4.78, 5) is 40.4. The third-order valence-electron chi connectivity index (χ3n) is 7.08. The number of rotatable bonds is 3. The van der Waals surface area contributed by atoms with Gasteiger partial charge in [0.15, 0.2) is 5.82 Å². The minimum atomic E-state index is -1.43. The summed E-state index contributed by atoms with van der Waals surface area (Å²) in [6.07, 6.45) is 3.78. The van der Waals surface area contributed by atoms with E-state index in [1.807, 2.05) is 0 Å². The number of ether oxygens (including phenoxy) is 1. The molecule has 1 aromatic carbocycles. The van der Waals surface area contributed by atoms with E-state index in [9.17, 15) is 19.5 Å². The molecule has 2 aliphatic heterocycles. The van der Waals surface area contributed by atoms with Crippen molar-refractivity contribution in [1.82, 2.24) is 9.47 Å². The van der Waals surface area contributed by atoms with Crippen molar-refractivity contribution in [2.24, 2.45) is 5.92 Å². The van der Waals surface area contributed by atoms with Gasteiger partial charge in [0.05, 0.1) is 16.9 Å². The number of nitrogens with zero attached hydrogens (tertiary/aromatic N) is 3. The molecule has 188 valence electrons. The largest absolute Gasteiger partial charge is 0.477 e. The molecule has 3 heterocycles. The number of carbonyl (C=O) groups is 2. The third kappa shape index (κ3) is 4.12. The summed E-state index contributed by atoms with van der Waals surface area (Å²) in [7, 11) is 0. The standard InChI is InChI=1S/C25H29F2N3O5/c1-25(2,3)35-24(34)29-8-4-5-13-10-28(12-18(13)29)21-17(26)9-15-20(19(21)27)30(14-6-7-14)11-16(22(15)31)23(32)33/h9,11,13-14,18H,4-8,10,12H2,1-3H3,(H,32,33)/t13-,18+/m0/s1. The monoisotopic (exact) mass is 489 g/mol. The molecule has 1 saturated carbocycles. The number of halogens is 2. The number of aromatic nitrogens is 1. The second-order valence-corrected chi connectivity index (χ2v) is 10.8. The van der Waals surface area contributed by atoms with Crippen molar-refractivity contribution in [2.45, 2.75) is 64.1 Å². The molecule has 2 aromatic rings. The Kier molecular flexibility index (Phi) is 5.52. The van der Waals surface area contributed by atoms with E-state index < -0.39 is 40.3 Å². The van der Waals surface area contributed by atoms with Crippen LogP contribution >= 0.6 is 0 Å². The lowest BCUT2D eigenvalue weighted by atomic mass is 9.92. The van der Waals surface area contributed by atoms with Gasteiger partial charge in [-0.1, -0.05) is 0 Å². The normalized spacial score (nSPS) is 22.4. The number of hydrogen-bond donors (Lipinski definition) is 1. The van der Waals surface area contributed by atoms with E-state index in [-0.39, 0.29) is 41.1 Å². The van der Waals surface area contributed by atoms with Crippen LogP contribution in [-0.4, -0.2) is 57.9 Å². The Labute approximate surface area is 201 Å². The second kappa shape index (κ2) is 8.20. The Morgan fingerprint density at radius 3 is 2.49 bits per heavy atom. The van der Waals surface area contributed by atoms with Gasteiger partial charge in [0.25, 0.3) is 0 Å². The van der Waals surface area contributed by atoms with Crippen LogP contribution in [0.4, 0.5) is 19.3 Å². The van der Waals surface area contributed by atoms with Gasteiger partial charge in [-0.15, -0.1) is 0 Å². The molecule has 3 aliphatic rings. The first-order valence-corrected chi connectivity index (χ1v) is 12.0. The first-order chi connectivity index (χ1) is 16.5. The van der Waals surface area contributed by atoms with Gasteiger partial charge < -0.3 is 24.2 Å². The number of benzene rings is 1. The Morgan fingerprint density at radius 1 is 1.14 bits per heavy atom. The number of carboxylic acids is 1. The predicted molar refractivity (Wildman–Crippen MR) is 125 cm³/mol. The van der Waals surface area contributed by atoms with Crippen LogP contribution in [0.3, 0.4) is 0 Å². The number of fused-ring (bicyclic) bond motifs is 2. The van der Waals surface area contributed by atoms with Crippen molar-refractivity contribution < 1.29 is 28.2 Å². The van der Waals surface area contributed by atoms with Gasteiger partial charge in [0.2, 0.25) is 5.43 Å². The Balaban J connectivity index is 1.55. The molecule has 2 atom stereocenters. The molecule has 0 spiro atoms. The summed E-state index contributed by atoms with van der Waals surface area (Å²) in [6, 6.07) is 0.579. The number of piperidine rings is 1. The molecule has 0 unspecified atom stereocenters. The maximum atomic E-state index is 16.0. The van der Waals surface area contributed by atoms with Gasteiger partial charge in [-0.25, -0.2) is 18.4 Å². The van der Waals surface area contributed by atoms with Gasteiger partial charge in [0.1, 0.15) is 22.7 Å². The van der Waals surface area contributed by atoms with Gasteiger partial charge in [-0.05, 0) is 58.4 Å². The Morgan fingerprint density at radius 2 is 1.86 bits per heavy atom. The topological polar surface area (TPSA) is 92.1 Å². The lowest BCUT2D eigenvalue weighted by molar-refractivity contribution is 0.00668. The Hall–Kier alpha value is -3.17. The van der Waals surface area contributed by atoms with E-state index in [1.165, 1.54) is 10.8 Å². The van der Waals surface area contributed by atoms with Gasteiger partial charge in [-0.2, -0.15) is 0 Å². The Bertz CT molecular complexity index is 1280. The van der Waals surface area contributed by atoms with Gasteiger partial charge in [-0.3, -0.25) is 4.79 Å². The number of aromatic carboxylic acids is 1. The van der Waals surface area contributed by atoms with Crippen molar-refractivity contribution in [3.63, 3.8) is 0 Å². The highest BCUT2D eigenvalue weighted by Crippen LogP contribution is 2.41. The smallest absolute Gasteiger partial charge is 0.410 e. The predicted octanol–water partition coefficient (Wildman–Crippen LogP) is 4.15. The number of anilines is 1. The first-order valence-electron chi connectivity index (χ1n) is 12.0. The van der Waals surface area contributed by atoms with E-state index in [2.05, 4.69) is 0 Å². The number of likely N-dealkylation sites (tertiary alicyclic amines) is 1. The number of carboxylic acid groups (broad SMARTS) is 1. The van der Waals surface area contributed by atoms with Crippen LogP contribution < -0.4 is 10.3 Å². The van der Waals surface area contributed by atoms with E-state index in [0.29, 0.717) is 13.1 Å². The lowest BCUT2D eigenvalue weighted by Crippen LogP contribution is -2.50. The SMILES string of the molecule is CC(C)(C)OC(=O)N1CCC[C@H]2CN(c3c(F)cc4c(=O)c(C(=O)O)cn(C5CC5)c4c3F)C[C@H]21. The fourth-order valence-electron chi connectivity index (χ4n) is 5.42. The zero-order valence-corrected chi connectivity index (χ0v) is 20.0. The molecular weight excluding hydrogens is 460 g/mol. The second-order valence-electron chi connectivity index (χ2n) is 10.8. The average molecular weight is 490 g/mol. The minimum absolute atomic E-state index is 0.0331. The quantitative estimate of drug-likeness (QED) is 0.697. The highest BCUT2D eigenvalue weighted by Gasteiger charge is 2.44. The fourth-order valence-corrected chi connectivity index (χ4v) is 5.42. The van der Waals surface area contributed by atoms with Crippen LogP contribution in [0.1, 0.15) is 62.9 Å². The molecular formula is C25H29F2N3O5. The zero-order valence-electron chi connectivity index (χ0n) is 20.0. The molecule has 1 amide bonds. The molecule has 1 aromatic heterocycles. The zero-order chi connectivity index (χ0) is 25.2. The first kappa shape index (κ1) is 23.6. The van der Waals surface area contributed by atoms with E-state index in [1.54, 1.807) is 30.6 Å². The molecule has 3 fully saturated rings. The molecule has 0 bridgehead atoms. The summed E-state index contributed by atoms with van der Waals surface area (Å²) >= 11 is 0. The number of amides is 1.